The van der Waals surface area contributed by atoms with Crippen LogP contribution in [-0.4, -0.2) is 92.3 Å². The van der Waals surface area contributed by atoms with Crippen molar-refractivity contribution < 1.29 is 23.8 Å². The van der Waals surface area contributed by atoms with Crippen LogP contribution in [0.4, 0.5) is 4.79 Å². The van der Waals surface area contributed by atoms with Gasteiger partial charge in [-0.15, -0.1) is 0 Å². The van der Waals surface area contributed by atoms with E-state index in [0.717, 1.165) is 32.2 Å². The lowest BCUT2D eigenvalue weighted by molar-refractivity contribution is -0.0151. The van der Waals surface area contributed by atoms with E-state index in [1.165, 1.54) is 0 Å². The van der Waals surface area contributed by atoms with Crippen molar-refractivity contribution in [2.24, 2.45) is 0 Å². The second-order valence-electron chi connectivity index (χ2n) is 8.43. The van der Waals surface area contributed by atoms with Crippen molar-refractivity contribution in [3.05, 3.63) is 23.8 Å². The van der Waals surface area contributed by atoms with Gasteiger partial charge in [-0.25, -0.2) is 4.79 Å². The summed E-state index contributed by atoms with van der Waals surface area (Å²) in [4.78, 5) is 31.9. The SMILES string of the molecule is COc1ccc(C(=O)N2CCC(N3C(=O)N(C)CC34CCOCC4)CC2)c(OC)c1. The van der Waals surface area contributed by atoms with E-state index in [1.807, 2.05) is 16.8 Å². The summed E-state index contributed by atoms with van der Waals surface area (Å²) in [6, 6.07) is 5.52. The van der Waals surface area contributed by atoms with Gasteiger partial charge in [0.25, 0.3) is 5.91 Å². The number of hydrogen-bond donors (Lipinski definition) is 0. The van der Waals surface area contributed by atoms with Crippen LogP contribution in [0.3, 0.4) is 0 Å². The average molecular weight is 418 g/mol. The van der Waals surface area contributed by atoms with Crippen LogP contribution in [0.15, 0.2) is 18.2 Å². The fraction of sp³-hybridized carbons (Fsp3) is 0.636. The van der Waals surface area contributed by atoms with E-state index < -0.39 is 0 Å². The Bertz CT molecular complexity index is 800. The van der Waals surface area contributed by atoms with Crippen LogP contribution in [0.25, 0.3) is 0 Å². The zero-order valence-electron chi connectivity index (χ0n) is 18.1. The monoisotopic (exact) mass is 417 g/mol. The topological polar surface area (TPSA) is 71.6 Å². The molecule has 0 radical (unpaired) electrons. The Morgan fingerprint density at radius 3 is 2.47 bits per heavy atom. The predicted molar refractivity (Wildman–Crippen MR) is 111 cm³/mol. The van der Waals surface area contributed by atoms with Crippen molar-refractivity contribution in [3.63, 3.8) is 0 Å². The Morgan fingerprint density at radius 2 is 1.83 bits per heavy atom. The molecular weight excluding hydrogens is 386 g/mol. The molecule has 1 spiro atoms. The highest BCUT2D eigenvalue weighted by Crippen LogP contribution is 2.39. The first-order valence-corrected chi connectivity index (χ1v) is 10.6. The highest BCUT2D eigenvalue weighted by Gasteiger charge is 2.52. The van der Waals surface area contributed by atoms with Crippen molar-refractivity contribution >= 4 is 11.9 Å². The van der Waals surface area contributed by atoms with Crippen molar-refractivity contribution in [1.29, 1.82) is 0 Å². The van der Waals surface area contributed by atoms with Crippen molar-refractivity contribution in [3.8, 4) is 11.5 Å². The minimum absolute atomic E-state index is 0.0430. The van der Waals surface area contributed by atoms with Crippen LogP contribution in [0.1, 0.15) is 36.0 Å². The number of methoxy groups -OCH3 is 2. The Balaban J connectivity index is 1.46. The van der Waals surface area contributed by atoms with E-state index in [2.05, 4.69) is 4.90 Å². The highest BCUT2D eigenvalue weighted by atomic mass is 16.5. The predicted octanol–water partition coefficient (Wildman–Crippen LogP) is 2.22. The Kier molecular flexibility index (Phi) is 5.77. The molecular formula is C22H31N3O5. The normalized spacial score (nSPS) is 22.0. The lowest BCUT2D eigenvalue weighted by Crippen LogP contribution is -2.57. The van der Waals surface area contributed by atoms with Crippen molar-refractivity contribution in [2.75, 3.05) is 54.1 Å². The van der Waals surface area contributed by atoms with E-state index >= 15 is 0 Å². The van der Waals surface area contributed by atoms with E-state index in [9.17, 15) is 9.59 Å². The molecule has 0 bridgehead atoms. The van der Waals surface area contributed by atoms with Crippen LogP contribution < -0.4 is 9.47 Å². The molecule has 164 valence electrons. The summed E-state index contributed by atoms with van der Waals surface area (Å²) in [6.45, 7) is 3.41. The molecule has 1 aromatic carbocycles. The molecule has 3 aliphatic heterocycles. The van der Waals surface area contributed by atoms with Crippen molar-refractivity contribution in [2.45, 2.75) is 37.3 Å². The first kappa shape index (κ1) is 20.8. The van der Waals surface area contributed by atoms with Crippen LogP contribution in [0.5, 0.6) is 11.5 Å². The van der Waals surface area contributed by atoms with E-state index in [-0.39, 0.29) is 23.5 Å². The molecule has 0 aromatic heterocycles. The summed E-state index contributed by atoms with van der Waals surface area (Å²) in [6.07, 6.45) is 3.33. The lowest BCUT2D eigenvalue weighted by Gasteiger charge is -2.46. The largest absolute Gasteiger partial charge is 0.497 e. The first-order valence-electron chi connectivity index (χ1n) is 10.6. The van der Waals surface area contributed by atoms with Gasteiger partial charge in [0.05, 0.1) is 25.3 Å². The third-order valence-electron chi connectivity index (χ3n) is 6.75. The third kappa shape index (κ3) is 3.57. The molecule has 0 aliphatic carbocycles. The molecule has 1 aromatic rings. The molecule has 3 saturated heterocycles. The molecule has 4 rings (SSSR count). The summed E-state index contributed by atoms with van der Waals surface area (Å²) >= 11 is 0. The van der Waals surface area contributed by atoms with Gasteiger partial charge in [-0.3, -0.25) is 4.79 Å². The molecule has 0 atom stereocenters. The standard InChI is InChI=1S/C22H31N3O5/c1-23-15-22(8-12-30-13-9-22)25(21(23)27)16-6-10-24(11-7-16)20(26)18-5-4-17(28-2)14-19(18)29-3/h4-5,14,16H,6-13,15H2,1-3H3. The second kappa shape index (κ2) is 8.34. The average Bonchev–Trinajstić information content (AvgIpc) is 3.02. The van der Waals surface area contributed by atoms with Gasteiger partial charge >= 0.3 is 6.03 Å². The van der Waals surface area contributed by atoms with Crippen LogP contribution in [-0.2, 0) is 4.74 Å². The zero-order chi connectivity index (χ0) is 21.3. The smallest absolute Gasteiger partial charge is 0.320 e. The second-order valence-corrected chi connectivity index (χ2v) is 8.43. The number of carbonyl (C=O) groups is 2. The summed E-state index contributed by atoms with van der Waals surface area (Å²) in [5.74, 6) is 1.12. The quantitative estimate of drug-likeness (QED) is 0.751. The Hall–Kier alpha value is -2.48. The fourth-order valence-corrected chi connectivity index (χ4v) is 5.14. The fourth-order valence-electron chi connectivity index (χ4n) is 5.14. The molecule has 30 heavy (non-hydrogen) atoms. The first-order chi connectivity index (χ1) is 14.5. The van der Waals surface area contributed by atoms with E-state index in [0.29, 0.717) is 43.4 Å². The lowest BCUT2D eigenvalue weighted by atomic mass is 9.86. The van der Waals surface area contributed by atoms with Crippen LogP contribution in [0.2, 0.25) is 0 Å². The van der Waals surface area contributed by atoms with Crippen LogP contribution >= 0.6 is 0 Å². The summed E-state index contributed by atoms with van der Waals surface area (Å²) in [5, 5.41) is 0. The zero-order valence-corrected chi connectivity index (χ0v) is 18.1. The number of benzene rings is 1. The molecule has 0 unspecified atom stereocenters. The van der Waals surface area contributed by atoms with E-state index in [4.69, 9.17) is 14.2 Å². The maximum Gasteiger partial charge on any atom is 0.320 e. The summed E-state index contributed by atoms with van der Waals surface area (Å²) < 4.78 is 16.2. The number of likely N-dealkylation sites (tertiary alicyclic amines) is 1. The van der Waals surface area contributed by atoms with Gasteiger partial charge < -0.3 is 28.9 Å². The minimum Gasteiger partial charge on any atom is -0.497 e. The summed E-state index contributed by atoms with van der Waals surface area (Å²) in [5.41, 5.74) is 0.412. The number of piperidine rings is 1. The van der Waals surface area contributed by atoms with Gasteiger partial charge in [-0.2, -0.15) is 0 Å². The minimum atomic E-state index is -0.125. The Morgan fingerprint density at radius 1 is 1.13 bits per heavy atom. The van der Waals surface area contributed by atoms with Crippen LogP contribution in [0, 0.1) is 0 Å². The number of hydrogen-bond acceptors (Lipinski definition) is 5. The number of carbonyl (C=O) groups excluding carboxylic acids is 2. The van der Waals surface area contributed by atoms with E-state index in [1.54, 1.807) is 32.4 Å². The molecule has 8 heteroatoms. The molecule has 3 amide bonds. The van der Waals surface area contributed by atoms with Crippen molar-refractivity contribution in [1.82, 2.24) is 14.7 Å². The molecule has 3 aliphatic rings. The number of urea groups is 1. The molecule has 8 nitrogen and oxygen atoms in total. The van der Waals surface area contributed by atoms with Gasteiger partial charge in [0.2, 0.25) is 0 Å². The number of rotatable bonds is 4. The highest BCUT2D eigenvalue weighted by molar-refractivity contribution is 5.97. The third-order valence-corrected chi connectivity index (χ3v) is 6.75. The Labute approximate surface area is 177 Å². The maximum atomic E-state index is 13.1. The number of ether oxygens (including phenoxy) is 3. The van der Waals surface area contributed by atoms with Gasteiger partial charge in [-0.1, -0.05) is 0 Å². The number of likely N-dealkylation sites (N-methyl/N-ethyl adjacent to an activating group) is 1. The van der Waals surface area contributed by atoms with Gasteiger partial charge in [0.15, 0.2) is 0 Å². The molecule has 3 heterocycles. The van der Waals surface area contributed by atoms with Gasteiger partial charge in [-0.05, 0) is 37.8 Å². The maximum absolute atomic E-state index is 13.1. The summed E-state index contributed by atoms with van der Waals surface area (Å²) in [7, 11) is 5.03. The molecule has 0 N–H and O–H groups in total. The molecule has 3 fully saturated rings. The molecule has 0 saturated carbocycles. The number of amides is 3. The van der Waals surface area contributed by atoms with Gasteiger partial charge in [0, 0.05) is 52.0 Å². The number of nitrogens with zero attached hydrogens (tertiary/aromatic N) is 3. The van der Waals surface area contributed by atoms with Gasteiger partial charge in [0.1, 0.15) is 11.5 Å².